The highest BCUT2D eigenvalue weighted by Gasteiger charge is 2.15. The Morgan fingerprint density at radius 3 is 2.60 bits per heavy atom. The van der Waals surface area contributed by atoms with E-state index in [1.807, 2.05) is 12.1 Å². The van der Waals surface area contributed by atoms with E-state index in [1.54, 1.807) is 0 Å². The molecule has 1 N–H and O–H groups in total. The van der Waals surface area contributed by atoms with Gasteiger partial charge >= 0.3 is 0 Å². The topological polar surface area (TPSA) is 36.9 Å². The van der Waals surface area contributed by atoms with E-state index in [0.29, 0.717) is 0 Å². The minimum absolute atomic E-state index is 0. The summed E-state index contributed by atoms with van der Waals surface area (Å²) in [5.41, 5.74) is 1.27. The molecule has 1 aromatic rings. The van der Waals surface area contributed by atoms with Crippen molar-refractivity contribution >= 4 is 41.5 Å². The SMILES string of the molecule is CCNC(=NCCc1ccc(Cl)cc1)N(C)CCC1CCOCC1.I. The molecule has 142 valence electrons. The van der Waals surface area contributed by atoms with E-state index in [0.717, 1.165) is 56.2 Å². The van der Waals surface area contributed by atoms with Crippen molar-refractivity contribution in [2.45, 2.75) is 32.6 Å². The second-order valence-electron chi connectivity index (χ2n) is 6.38. The van der Waals surface area contributed by atoms with Gasteiger partial charge in [0, 0.05) is 44.9 Å². The minimum atomic E-state index is 0. The Labute approximate surface area is 174 Å². The van der Waals surface area contributed by atoms with Crippen molar-refractivity contribution in [3.63, 3.8) is 0 Å². The molecule has 1 fully saturated rings. The van der Waals surface area contributed by atoms with Crippen LogP contribution in [0.15, 0.2) is 29.3 Å². The van der Waals surface area contributed by atoms with E-state index in [-0.39, 0.29) is 24.0 Å². The first-order valence-electron chi connectivity index (χ1n) is 9.00. The Morgan fingerprint density at radius 1 is 1.28 bits per heavy atom. The highest BCUT2D eigenvalue weighted by atomic mass is 127. The van der Waals surface area contributed by atoms with E-state index in [4.69, 9.17) is 21.3 Å². The fourth-order valence-electron chi connectivity index (χ4n) is 2.93. The van der Waals surface area contributed by atoms with Crippen LogP contribution in [0.4, 0.5) is 0 Å². The van der Waals surface area contributed by atoms with Gasteiger partial charge < -0.3 is 15.0 Å². The van der Waals surface area contributed by atoms with Crippen LogP contribution in [0.1, 0.15) is 31.7 Å². The number of hydrogen-bond donors (Lipinski definition) is 1. The molecule has 0 spiro atoms. The molecule has 1 aromatic carbocycles. The van der Waals surface area contributed by atoms with Crippen molar-refractivity contribution in [2.24, 2.45) is 10.9 Å². The van der Waals surface area contributed by atoms with Gasteiger partial charge in [0.1, 0.15) is 0 Å². The van der Waals surface area contributed by atoms with E-state index >= 15 is 0 Å². The van der Waals surface area contributed by atoms with Gasteiger partial charge in [-0.1, -0.05) is 23.7 Å². The van der Waals surface area contributed by atoms with E-state index in [2.05, 4.69) is 36.3 Å². The average molecular weight is 480 g/mol. The van der Waals surface area contributed by atoms with Crippen molar-refractivity contribution in [1.29, 1.82) is 0 Å². The summed E-state index contributed by atoms with van der Waals surface area (Å²) in [4.78, 5) is 7.02. The van der Waals surface area contributed by atoms with Gasteiger partial charge in [0.25, 0.3) is 0 Å². The number of aliphatic imine (C=N–C) groups is 1. The average Bonchev–Trinajstić information content (AvgIpc) is 2.61. The lowest BCUT2D eigenvalue weighted by Crippen LogP contribution is -2.40. The minimum Gasteiger partial charge on any atom is -0.381 e. The van der Waals surface area contributed by atoms with Gasteiger partial charge in [-0.3, -0.25) is 4.99 Å². The van der Waals surface area contributed by atoms with E-state index in [9.17, 15) is 0 Å². The molecule has 4 nitrogen and oxygen atoms in total. The Bertz CT molecular complexity index is 504. The van der Waals surface area contributed by atoms with Crippen molar-refractivity contribution in [3.8, 4) is 0 Å². The number of guanidine groups is 1. The van der Waals surface area contributed by atoms with Crippen LogP contribution in [-0.4, -0.2) is 50.8 Å². The quantitative estimate of drug-likeness (QED) is 0.361. The maximum atomic E-state index is 5.93. The maximum Gasteiger partial charge on any atom is 0.193 e. The van der Waals surface area contributed by atoms with Gasteiger partial charge in [-0.15, -0.1) is 24.0 Å². The Kier molecular flexibility index (Phi) is 11.5. The molecular formula is C19H31ClIN3O. The summed E-state index contributed by atoms with van der Waals surface area (Å²) in [6.45, 7) is 6.67. The molecule has 1 heterocycles. The molecule has 0 saturated carbocycles. The summed E-state index contributed by atoms with van der Waals surface area (Å²) in [5, 5.41) is 4.18. The van der Waals surface area contributed by atoms with Crippen molar-refractivity contribution < 1.29 is 4.74 Å². The molecule has 0 aromatic heterocycles. The van der Waals surface area contributed by atoms with Gasteiger partial charge in [0.05, 0.1) is 0 Å². The molecule has 2 rings (SSSR count). The molecule has 1 aliphatic heterocycles. The monoisotopic (exact) mass is 479 g/mol. The Balaban J connectivity index is 0.00000312. The Morgan fingerprint density at radius 2 is 1.96 bits per heavy atom. The number of rotatable bonds is 7. The zero-order valence-electron chi connectivity index (χ0n) is 15.3. The van der Waals surface area contributed by atoms with Crippen LogP contribution in [0.2, 0.25) is 5.02 Å². The molecule has 1 saturated heterocycles. The number of halogens is 2. The van der Waals surface area contributed by atoms with Crippen LogP contribution in [0.25, 0.3) is 0 Å². The predicted molar refractivity (Wildman–Crippen MR) is 117 cm³/mol. The van der Waals surface area contributed by atoms with Gasteiger partial charge in [-0.2, -0.15) is 0 Å². The molecular weight excluding hydrogens is 449 g/mol. The molecule has 6 heteroatoms. The second-order valence-corrected chi connectivity index (χ2v) is 6.81. The maximum absolute atomic E-state index is 5.93. The predicted octanol–water partition coefficient (Wildman–Crippen LogP) is 4.21. The summed E-state index contributed by atoms with van der Waals surface area (Å²) >= 11 is 5.93. The highest BCUT2D eigenvalue weighted by Crippen LogP contribution is 2.18. The first-order valence-corrected chi connectivity index (χ1v) is 9.38. The number of benzene rings is 1. The lowest BCUT2D eigenvalue weighted by molar-refractivity contribution is 0.0625. The van der Waals surface area contributed by atoms with Crippen molar-refractivity contribution in [1.82, 2.24) is 10.2 Å². The van der Waals surface area contributed by atoms with Crippen LogP contribution in [0, 0.1) is 5.92 Å². The molecule has 0 bridgehead atoms. The van der Waals surface area contributed by atoms with Gasteiger partial charge in [-0.25, -0.2) is 0 Å². The zero-order chi connectivity index (χ0) is 17.2. The normalized spacial score (nSPS) is 15.6. The smallest absolute Gasteiger partial charge is 0.193 e. The molecule has 1 aliphatic rings. The fourth-order valence-corrected chi connectivity index (χ4v) is 3.05. The summed E-state index contributed by atoms with van der Waals surface area (Å²) in [7, 11) is 2.13. The van der Waals surface area contributed by atoms with Crippen LogP contribution in [-0.2, 0) is 11.2 Å². The van der Waals surface area contributed by atoms with Gasteiger partial charge in [0.2, 0.25) is 0 Å². The lowest BCUT2D eigenvalue weighted by Gasteiger charge is -2.26. The highest BCUT2D eigenvalue weighted by molar-refractivity contribution is 14.0. The molecule has 25 heavy (non-hydrogen) atoms. The van der Waals surface area contributed by atoms with E-state index < -0.39 is 0 Å². The third kappa shape index (κ3) is 8.60. The number of nitrogens with zero attached hydrogens (tertiary/aromatic N) is 2. The third-order valence-corrected chi connectivity index (χ3v) is 4.74. The summed E-state index contributed by atoms with van der Waals surface area (Å²) in [5.74, 6) is 1.79. The summed E-state index contributed by atoms with van der Waals surface area (Å²) in [6, 6.07) is 8.01. The first kappa shape index (κ1) is 22.5. The molecule has 0 atom stereocenters. The summed E-state index contributed by atoms with van der Waals surface area (Å²) in [6.07, 6.45) is 4.53. The Hall–Kier alpha value is -0.530. The first-order chi connectivity index (χ1) is 11.7. The van der Waals surface area contributed by atoms with Crippen molar-refractivity contribution in [2.75, 3.05) is 39.9 Å². The number of hydrogen-bond acceptors (Lipinski definition) is 2. The van der Waals surface area contributed by atoms with Crippen molar-refractivity contribution in [3.05, 3.63) is 34.9 Å². The van der Waals surface area contributed by atoms with E-state index in [1.165, 1.54) is 24.8 Å². The van der Waals surface area contributed by atoms with Crippen LogP contribution >= 0.6 is 35.6 Å². The number of nitrogens with one attached hydrogen (secondary N) is 1. The third-order valence-electron chi connectivity index (χ3n) is 4.49. The molecule has 0 radical (unpaired) electrons. The van der Waals surface area contributed by atoms with Gasteiger partial charge in [0.15, 0.2) is 5.96 Å². The zero-order valence-corrected chi connectivity index (χ0v) is 18.4. The summed E-state index contributed by atoms with van der Waals surface area (Å²) < 4.78 is 5.44. The largest absolute Gasteiger partial charge is 0.381 e. The molecule has 0 unspecified atom stereocenters. The second kappa shape index (κ2) is 12.8. The standard InChI is InChI=1S/C19H30ClN3O.HI/c1-3-21-19(22-12-8-16-4-6-18(20)7-5-16)23(2)13-9-17-10-14-24-15-11-17;/h4-7,17H,3,8-15H2,1-2H3,(H,21,22);1H. The lowest BCUT2D eigenvalue weighted by atomic mass is 9.96. The fraction of sp³-hybridized carbons (Fsp3) is 0.632. The van der Waals surface area contributed by atoms with Crippen LogP contribution < -0.4 is 5.32 Å². The van der Waals surface area contributed by atoms with Crippen LogP contribution in [0.5, 0.6) is 0 Å². The molecule has 0 aliphatic carbocycles. The molecule has 0 amide bonds. The van der Waals surface area contributed by atoms with Gasteiger partial charge in [-0.05, 0) is 56.2 Å². The number of ether oxygens (including phenoxy) is 1. The van der Waals surface area contributed by atoms with Crippen LogP contribution in [0.3, 0.4) is 0 Å².